The molecular weight excluding hydrogens is 320 g/mol. The van der Waals surface area contributed by atoms with Crippen LogP contribution in [0.2, 0.25) is 0 Å². The van der Waals surface area contributed by atoms with Gasteiger partial charge in [-0.1, -0.05) is 44.2 Å². The first-order chi connectivity index (χ1) is 12.6. The second-order valence-corrected chi connectivity index (χ2v) is 7.51. The highest BCUT2D eigenvalue weighted by atomic mass is 15.2. The van der Waals surface area contributed by atoms with Crippen molar-refractivity contribution in [1.29, 1.82) is 0 Å². The Morgan fingerprint density at radius 2 is 1.96 bits per heavy atom. The molecule has 1 saturated heterocycles. The number of rotatable bonds is 8. The number of hydrogen-bond acceptors (Lipinski definition) is 2. The fraction of sp³-hybridized carbons (Fsp3) is 0.591. The van der Waals surface area contributed by atoms with Crippen LogP contribution < -0.4 is 10.6 Å². The van der Waals surface area contributed by atoms with Crippen LogP contribution >= 0.6 is 0 Å². The zero-order valence-electron chi connectivity index (χ0n) is 16.8. The Kier molecular flexibility index (Phi) is 8.69. The summed E-state index contributed by atoms with van der Waals surface area (Å²) >= 11 is 0. The minimum atomic E-state index is 0.519. The van der Waals surface area contributed by atoms with Gasteiger partial charge in [-0.3, -0.25) is 9.89 Å². The third-order valence-corrected chi connectivity index (χ3v) is 5.12. The molecule has 0 unspecified atom stereocenters. The maximum Gasteiger partial charge on any atom is 0.191 e. The standard InChI is InChI=1S/C22H36N4/c1-5-15-26-16-12-21(13-17-26)25-22(23-4)24-14-6-7-19-8-10-20(11-9-19)18(2)3/h5,8-11,18,21H,1,6-7,12-17H2,2-4H3,(H2,23,24,25). The van der Waals surface area contributed by atoms with Gasteiger partial charge in [0.25, 0.3) is 0 Å². The molecule has 1 fully saturated rings. The van der Waals surface area contributed by atoms with Crippen LogP contribution in [0.25, 0.3) is 0 Å². The van der Waals surface area contributed by atoms with Gasteiger partial charge in [-0.05, 0) is 42.7 Å². The van der Waals surface area contributed by atoms with Gasteiger partial charge in [0.15, 0.2) is 5.96 Å². The van der Waals surface area contributed by atoms with Crippen LogP contribution in [0.1, 0.15) is 50.2 Å². The SMILES string of the molecule is C=CCN1CCC(NC(=NC)NCCCc2ccc(C(C)C)cc2)CC1. The van der Waals surface area contributed by atoms with Crippen molar-refractivity contribution in [3.8, 4) is 0 Å². The van der Waals surface area contributed by atoms with Crippen molar-refractivity contribution in [3.63, 3.8) is 0 Å². The van der Waals surface area contributed by atoms with Crippen LogP contribution in [0.15, 0.2) is 41.9 Å². The van der Waals surface area contributed by atoms with Crippen LogP contribution in [0.3, 0.4) is 0 Å². The molecule has 4 nitrogen and oxygen atoms in total. The van der Waals surface area contributed by atoms with E-state index in [1.807, 2.05) is 13.1 Å². The first kappa shape index (κ1) is 20.5. The average Bonchev–Trinajstić information content (AvgIpc) is 2.66. The van der Waals surface area contributed by atoms with Crippen molar-refractivity contribution in [2.24, 2.45) is 4.99 Å². The summed E-state index contributed by atoms with van der Waals surface area (Å²) < 4.78 is 0. The third-order valence-electron chi connectivity index (χ3n) is 5.12. The fourth-order valence-corrected chi connectivity index (χ4v) is 3.40. The van der Waals surface area contributed by atoms with E-state index in [-0.39, 0.29) is 0 Å². The van der Waals surface area contributed by atoms with E-state index < -0.39 is 0 Å². The molecule has 0 aromatic heterocycles. The van der Waals surface area contributed by atoms with Gasteiger partial charge in [0, 0.05) is 39.3 Å². The van der Waals surface area contributed by atoms with Crippen LogP contribution in [0.4, 0.5) is 0 Å². The predicted molar refractivity (Wildman–Crippen MR) is 113 cm³/mol. The Hall–Kier alpha value is -1.81. The molecular formula is C22H36N4. The van der Waals surface area contributed by atoms with E-state index in [1.54, 1.807) is 0 Å². The summed E-state index contributed by atoms with van der Waals surface area (Å²) in [6.07, 6.45) is 6.53. The predicted octanol–water partition coefficient (Wildman–Crippen LogP) is 3.56. The average molecular weight is 357 g/mol. The van der Waals surface area contributed by atoms with Crippen molar-refractivity contribution in [2.75, 3.05) is 33.2 Å². The molecule has 1 aliphatic rings. The smallest absolute Gasteiger partial charge is 0.191 e. The van der Waals surface area contributed by atoms with Gasteiger partial charge >= 0.3 is 0 Å². The zero-order valence-corrected chi connectivity index (χ0v) is 16.8. The molecule has 0 amide bonds. The largest absolute Gasteiger partial charge is 0.356 e. The third kappa shape index (κ3) is 6.83. The molecule has 0 spiro atoms. The molecule has 0 bridgehead atoms. The summed E-state index contributed by atoms with van der Waals surface area (Å²) in [4.78, 5) is 6.83. The van der Waals surface area contributed by atoms with Crippen LogP contribution in [-0.2, 0) is 6.42 Å². The van der Waals surface area contributed by atoms with Gasteiger partial charge in [0.1, 0.15) is 0 Å². The monoisotopic (exact) mass is 356 g/mol. The number of aliphatic imine (C=N–C) groups is 1. The quantitative estimate of drug-likeness (QED) is 0.324. The first-order valence-electron chi connectivity index (χ1n) is 10.0. The molecule has 1 aromatic rings. The molecule has 2 N–H and O–H groups in total. The molecule has 2 rings (SSSR count). The Morgan fingerprint density at radius 1 is 1.27 bits per heavy atom. The van der Waals surface area contributed by atoms with Gasteiger partial charge in [-0.25, -0.2) is 0 Å². The van der Waals surface area contributed by atoms with Gasteiger partial charge < -0.3 is 10.6 Å². The Balaban J connectivity index is 1.65. The van der Waals surface area contributed by atoms with Crippen LogP contribution in [-0.4, -0.2) is 50.1 Å². The molecule has 1 heterocycles. The number of guanidine groups is 1. The summed E-state index contributed by atoms with van der Waals surface area (Å²) in [6, 6.07) is 9.56. The maximum absolute atomic E-state index is 4.38. The molecule has 26 heavy (non-hydrogen) atoms. The van der Waals surface area contributed by atoms with E-state index in [1.165, 1.54) is 11.1 Å². The molecule has 1 aromatic carbocycles. The van der Waals surface area contributed by atoms with Crippen LogP contribution in [0, 0.1) is 0 Å². The second-order valence-electron chi connectivity index (χ2n) is 7.51. The summed E-state index contributed by atoms with van der Waals surface area (Å²) in [5, 5.41) is 7.04. The lowest BCUT2D eigenvalue weighted by molar-refractivity contribution is 0.225. The highest BCUT2D eigenvalue weighted by Crippen LogP contribution is 2.15. The highest BCUT2D eigenvalue weighted by Gasteiger charge is 2.18. The Morgan fingerprint density at radius 3 is 2.54 bits per heavy atom. The van der Waals surface area contributed by atoms with Crippen molar-refractivity contribution in [3.05, 3.63) is 48.0 Å². The topological polar surface area (TPSA) is 39.7 Å². The maximum atomic E-state index is 4.38. The molecule has 1 aliphatic heterocycles. The summed E-state index contributed by atoms with van der Waals surface area (Å²) in [5.41, 5.74) is 2.82. The van der Waals surface area contributed by atoms with Gasteiger partial charge in [0.2, 0.25) is 0 Å². The van der Waals surface area contributed by atoms with Crippen molar-refractivity contribution >= 4 is 5.96 Å². The number of piperidine rings is 1. The number of hydrogen-bond donors (Lipinski definition) is 2. The minimum Gasteiger partial charge on any atom is -0.356 e. The molecule has 0 saturated carbocycles. The van der Waals surface area contributed by atoms with E-state index >= 15 is 0 Å². The molecule has 0 radical (unpaired) electrons. The first-order valence-corrected chi connectivity index (χ1v) is 10.0. The van der Waals surface area contributed by atoms with E-state index in [2.05, 4.69) is 65.2 Å². The summed E-state index contributed by atoms with van der Waals surface area (Å²) in [5.74, 6) is 1.53. The lowest BCUT2D eigenvalue weighted by Gasteiger charge is -2.32. The number of nitrogens with zero attached hydrogens (tertiary/aromatic N) is 2. The highest BCUT2D eigenvalue weighted by molar-refractivity contribution is 5.79. The molecule has 4 heteroatoms. The summed E-state index contributed by atoms with van der Waals surface area (Å²) in [7, 11) is 1.85. The van der Waals surface area contributed by atoms with E-state index in [0.29, 0.717) is 12.0 Å². The number of likely N-dealkylation sites (tertiary alicyclic amines) is 1. The van der Waals surface area contributed by atoms with E-state index in [9.17, 15) is 0 Å². The lowest BCUT2D eigenvalue weighted by Crippen LogP contribution is -2.48. The normalized spacial score (nSPS) is 16.7. The van der Waals surface area contributed by atoms with E-state index in [0.717, 1.165) is 57.8 Å². The van der Waals surface area contributed by atoms with Gasteiger partial charge in [0.05, 0.1) is 0 Å². The van der Waals surface area contributed by atoms with Crippen molar-refractivity contribution in [2.45, 2.75) is 51.5 Å². The second kappa shape index (κ2) is 11.0. The van der Waals surface area contributed by atoms with Gasteiger partial charge in [-0.15, -0.1) is 6.58 Å². The molecule has 144 valence electrons. The minimum absolute atomic E-state index is 0.519. The van der Waals surface area contributed by atoms with Crippen molar-refractivity contribution < 1.29 is 0 Å². The number of benzene rings is 1. The lowest BCUT2D eigenvalue weighted by atomic mass is 10.0. The van der Waals surface area contributed by atoms with E-state index in [4.69, 9.17) is 0 Å². The Labute approximate surface area is 159 Å². The number of nitrogens with one attached hydrogen (secondary N) is 2. The Bertz CT molecular complexity index is 554. The fourth-order valence-electron chi connectivity index (χ4n) is 3.40. The zero-order chi connectivity index (χ0) is 18.8. The number of aryl methyl sites for hydroxylation is 1. The summed E-state index contributed by atoms with van der Waals surface area (Å²) in [6.45, 7) is 12.5. The molecule has 0 aliphatic carbocycles. The molecule has 0 atom stereocenters. The van der Waals surface area contributed by atoms with Gasteiger partial charge in [-0.2, -0.15) is 0 Å². The van der Waals surface area contributed by atoms with Crippen molar-refractivity contribution in [1.82, 2.24) is 15.5 Å². The van der Waals surface area contributed by atoms with Crippen LogP contribution in [0.5, 0.6) is 0 Å².